The Morgan fingerprint density at radius 2 is 1.94 bits per heavy atom. The van der Waals surface area contributed by atoms with E-state index in [4.69, 9.17) is 9.47 Å². The maximum atomic E-state index is 13.8. The molecule has 2 aromatic heterocycles. The van der Waals surface area contributed by atoms with Crippen molar-refractivity contribution in [2.45, 2.75) is 38.8 Å². The first kappa shape index (κ1) is 23.3. The zero-order chi connectivity index (χ0) is 23.9. The van der Waals surface area contributed by atoms with Gasteiger partial charge in [-0.1, -0.05) is 30.3 Å². The van der Waals surface area contributed by atoms with Crippen LogP contribution in [0.4, 0.5) is 10.5 Å². The van der Waals surface area contributed by atoms with E-state index in [1.54, 1.807) is 25.4 Å². The number of hydrogen-bond donors (Lipinski definition) is 1. The fourth-order valence-corrected chi connectivity index (χ4v) is 4.15. The van der Waals surface area contributed by atoms with Crippen molar-refractivity contribution in [1.29, 1.82) is 0 Å². The van der Waals surface area contributed by atoms with Gasteiger partial charge in [-0.25, -0.2) is 4.79 Å². The molecule has 9 heteroatoms. The highest BCUT2D eigenvalue weighted by Crippen LogP contribution is 2.28. The van der Waals surface area contributed by atoms with E-state index in [1.165, 1.54) is 9.80 Å². The lowest BCUT2D eigenvalue weighted by atomic mass is 10.0. The van der Waals surface area contributed by atoms with Crippen molar-refractivity contribution in [3.63, 3.8) is 0 Å². The maximum Gasteiger partial charge on any atom is 0.410 e. The number of likely N-dealkylation sites (tertiary alicyclic amines) is 1. The summed E-state index contributed by atoms with van der Waals surface area (Å²) in [5.74, 6) is -0.897. The van der Waals surface area contributed by atoms with Crippen LogP contribution in [0.25, 0.3) is 11.0 Å². The third-order valence-electron chi connectivity index (χ3n) is 5.79. The van der Waals surface area contributed by atoms with Gasteiger partial charge in [-0.3, -0.25) is 24.4 Å². The second kappa shape index (κ2) is 10.8. The van der Waals surface area contributed by atoms with E-state index in [-0.39, 0.29) is 25.7 Å². The molecule has 3 heterocycles. The van der Waals surface area contributed by atoms with E-state index in [9.17, 15) is 14.4 Å². The smallest absolute Gasteiger partial charge is 0.410 e. The molecule has 1 aliphatic heterocycles. The van der Waals surface area contributed by atoms with Gasteiger partial charge in [0.1, 0.15) is 24.7 Å². The molecule has 1 fully saturated rings. The molecule has 0 radical (unpaired) electrons. The minimum absolute atomic E-state index is 0.121. The van der Waals surface area contributed by atoms with Crippen molar-refractivity contribution in [1.82, 2.24) is 14.9 Å². The summed E-state index contributed by atoms with van der Waals surface area (Å²) in [6, 6.07) is 12.3. The standard InChI is InChI=1S/C25H28N4O5/c1-2-33-22(30)16-29(21-15-27-19-11-8-13-26-23(19)21)24(31)20-12-6-7-14-28(20)25(32)34-17-18-9-4-3-5-10-18/h3-5,8-11,13,15,20,27H,2,6-7,12,14,16-17H2,1H3. The normalized spacial score (nSPS) is 15.7. The molecule has 9 nitrogen and oxygen atoms in total. The monoisotopic (exact) mass is 464 g/mol. The molecular formula is C25H28N4O5. The molecule has 3 aromatic rings. The highest BCUT2D eigenvalue weighted by atomic mass is 16.6. The minimum atomic E-state index is -0.750. The van der Waals surface area contributed by atoms with Gasteiger partial charge in [-0.2, -0.15) is 0 Å². The number of ether oxygens (including phenoxy) is 2. The zero-order valence-electron chi connectivity index (χ0n) is 19.1. The Balaban J connectivity index is 1.58. The van der Waals surface area contributed by atoms with Crippen molar-refractivity contribution >= 4 is 34.7 Å². The third-order valence-corrected chi connectivity index (χ3v) is 5.79. The number of aromatic amines is 1. The van der Waals surface area contributed by atoms with E-state index in [1.807, 2.05) is 36.4 Å². The Kier molecular flexibility index (Phi) is 7.41. The van der Waals surface area contributed by atoms with Crippen LogP contribution >= 0.6 is 0 Å². The predicted octanol–water partition coefficient (Wildman–Crippen LogP) is 3.65. The average Bonchev–Trinajstić information content (AvgIpc) is 3.30. The Bertz CT molecular complexity index is 1150. The molecule has 178 valence electrons. The number of nitrogens with zero attached hydrogens (tertiary/aromatic N) is 3. The van der Waals surface area contributed by atoms with Gasteiger partial charge >= 0.3 is 12.1 Å². The number of nitrogens with one attached hydrogen (secondary N) is 1. The summed E-state index contributed by atoms with van der Waals surface area (Å²) in [7, 11) is 0. The highest BCUT2D eigenvalue weighted by molar-refractivity contribution is 6.07. The number of rotatable bonds is 7. The van der Waals surface area contributed by atoms with Crippen molar-refractivity contribution < 1.29 is 23.9 Å². The molecule has 4 rings (SSSR count). The first-order chi connectivity index (χ1) is 16.6. The van der Waals surface area contributed by atoms with E-state index in [0.29, 0.717) is 24.2 Å². The van der Waals surface area contributed by atoms with Crippen LogP contribution in [-0.2, 0) is 25.7 Å². The molecule has 0 saturated carbocycles. The van der Waals surface area contributed by atoms with Gasteiger partial charge in [0.2, 0.25) is 0 Å². The number of H-pyrrole nitrogens is 1. The minimum Gasteiger partial charge on any atom is -0.465 e. The molecule has 1 unspecified atom stereocenters. The van der Waals surface area contributed by atoms with Gasteiger partial charge < -0.3 is 14.5 Å². The molecule has 0 spiro atoms. The largest absolute Gasteiger partial charge is 0.465 e. The Hall–Kier alpha value is -3.88. The van der Waals surface area contributed by atoms with Crippen LogP contribution in [0, 0.1) is 0 Å². The SMILES string of the molecule is CCOC(=O)CN(C(=O)C1CCCCN1C(=O)OCc1ccccc1)c1c[nH]c2cccnc12. The molecule has 1 atom stereocenters. The van der Waals surface area contributed by atoms with Gasteiger partial charge in [0.25, 0.3) is 5.91 Å². The number of esters is 1. The molecule has 0 bridgehead atoms. The van der Waals surface area contributed by atoms with Crippen LogP contribution in [0.3, 0.4) is 0 Å². The number of piperidine rings is 1. The van der Waals surface area contributed by atoms with Crippen LogP contribution in [-0.4, -0.2) is 58.6 Å². The summed E-state index contributed by atoms with van der Waals surface area (Å²) in [6.45, 7) is 2.16. The number of hydrogen-bond acceptors (Lipinski definition) is 6. The average molecular weight is 465 g/mol. The number of pyridine rings is 1. The van der Waals surface area contributed by atoms with E-state index < -0.39 is 18.1 Å². The quantitative estimate of drug-likeness (QED) is 0.535. The van der Waals surface area contributed by atoms with Gasteiger partial charge in [0.15, 0.2) is 0 Å². The van der Waals surface area contributed by atoms with Crippen molar-refractivity contribution in [3.05, 3.63) is 60.4 Å². The van der Waals surface area contributed by atoms with E-state index in [0.717, 1.165) is 23.9 Å². The van der Waals surface area contributed by atoms with Gasteiger partial charge in [0, 0.05) is 18.9 Å². The summed E-state index contributed by atoms with van der Waals surface area (Å²) in [4.78, 5) is 49.4. The van der Waals surface area contributed by atoms with Crippen LogP contribution in [0.1, 0.15) is 31.7 Å². The molecule has 0 aliphatic carbocycles. The number of fused-ring (bicyclic) bond motifs is 1. The number of carbonyl (C=O) groups excluding carboxylic acids is 3. The molecule has 1 aliphatic rings. The van der Waals surface area contributed by atoms with Gasteiger partial charge in [-0.15, -0.1) is 0 Å². The third kappa shape index (κ3) is 5.19. The summed E-state index contributed by atoms with van der Waals surface area (Å²) in [5, 5.41) is 0. The lowest BCUT2D eigenvalue weighted by Crippen LogP contribution is -2.54. The summed E-state index contributed by atoms with van der Waals surface area (Å²) < 4.78 is 10.6. The van der Waals surface area contributed by atoms with Crippen molar-refractivity contribution in [3.8, 4) is 0 Å². The lowest BCUT2D eigenvalue weighted by Gasteiger charge is -2.36. The van der Waals surface area contributed by atoms with Crippen molar-refractivity contribution in [2.24, 2.45) is 0 Å². The number of carbonyl (C=O) groups is 3. The van der Waals surface area contributed by atoms with Gasteiger partial charge in [-0.05, 0) is 43.9 Å². The zero-order valence-corrected chi connectivity index (χ0v) is 19.1. The van der Waals surface area contributed by atoms with Crippen LogP contribution in [0.15, 0.2) is 54.9 Å². The van der Waals surface area contributed by atoms with Crippen molar-refractivity contribution in [2.75, 3.05) is 24.6 Å². The van der Waals surface area contributed by atoms with Crippen LogP contribution < -0.4 is 4.90 Å². The molecular weight excluding hydrogens is 436 g/mol. The second-order valence-corrected chi connectivity index (χ2v) is 8.05. The second-order valence-electron chi connectivity index (χ2n) is 8.05. The maximum absolute atomic E-state index is 13.8. The van der Waals surface area contributed by atoms with Gasteiger partial charge in [0.05, 0.1) is 17.8 Å². The van der Waals surface area contributed by atoms with E-state index in [2.05, 4.69) is 9.97 Å². The first-order valence-electron chi connectivity index (χ1n) is 11.4. The van der Waals surface area contributed by atoms with E-state index >= 15 is 0 Å². The summed E-state index contributed by atoms with van der Waals surface area (Å²) in [6.07, 6.45) is 4.77. The molecule has 1 aromatic carbocycles. The Morgan fingerprint density at radius 3 is 2.74 bits per heavy atom. The van der Waals surface area contributed by atoms with Crippen LogP contribution in [0.2, 0.25) is 0 Å². The highest BCUT2D eigenvalue weighted by Gasteiger charge is 2.37. The molecule has 1 N–H and O–H groups in total. The number of anilines is 1. The molecule has 2 amide bonds. The molecule has 1 saturated heterocycles. The summed E-state index contributed by atoms with van der Waals surface area (Å²) in [5.41, 5.74) is 2.64. The number of amides is 2. The fourth-order valence-electron chi connectivity index (χ4n) is 4.15. The number of aromatic nitrogens is 2. The fraction of sp³-hybridized carbons (Fsp3) is 0.360. The topological polar surface area (TPSA) is 105 Å². The summed E-state index contributed by atoms with van der Waals surface area (Å²) >= 11 is 0. The Morgan fingerprint density at radius 1 is 1.12 bits per heavy atom. The lowest BCUT2D eigenvalue weighted by molar-refractivity contribution is -0.142. The molecule has 34 heavy (non-hydrogen) atoms. The predicted molar refractivity (Wildman–Crippen MR) is 126 cm³/mol. The first-order valence-corrected chi connectivity index (χ1v) is 11.4. The Labute approximate surface area is 197 Å². The van der Waals surface area contributed by atoms with Crippen LogP contribution in [0.5, 0.6) is 0 Å². The number of benzene rings is 1.